The Morgan fingerprint density at radius 3 is 2.21 bits per heavy atom. The highest BCUT2D eigenvalue weighted by Crippen LogP contribution is 2.20. The van der Waals surface area contributed by atoms with E-state index in [1.165, 1.54) is 19.2 Å². The van der Waals surface area contributed by atoms with Crippen LogP contribution in [0.25, 0.3) is 5.69 Å². The summed E-state index contributed by atoms with van der Waals surface area (Å²) in [7, 11) is -2.03. The number of aromatic nitrogens is 2. The first-order valence-electron chi connectivity index (χ1n) is 5.72. The van der Waals surface area contributed by atoms with Crippen LogP contribution in [-0.4, -0.2) is 25.2 Å². The number of hydrogen-bond acceptors (Lipinski definition) is 4. The Bertz CT molecular complexity index is 702. The molecule has 19 heavy (non-hydrogen) atoms. The maximum atomic E-state index is 11.6. The molecule has 0 saturated carbocycles. The number of nitrogens with zero attached hydrogens (tertiary/aromatic N) is 2. The van der Waals surface area contributed by atoms with E-state index in [9.17, 15) is 8.42 Å². The molecule has 0 bridgehead atoms. The molecule has 0 aliphatic rings. The molecular weight excluding hydrogens is 264 g/mol. The van der Waals surface area contributed by atoms with E-state index in [4.69, 9.17) is 5.73 Å². The van der Waals surface area contributed by atoms with E-state index in [1.807, 2.05) is 13.8 Å². The molecule has 7 heteroatoms. The fourth-order valence-corrected chi connectivity index (χ4v) is 2.52. The molecule has 2 rings (SSSR count). The summed E-state index contributed by atoms with van der Waals surface area (Å²) in [6.07, 6.45) is 0. The van der Waals surface area contributed by atoms with Gasteiger partial charge in [-0.1, -0.05) is 0 Å². The van der Waals surface area contributed by atoms with Crippen molar-refractivity contribution in [2.45, 2.75) is 18.7 Å². The molecule has 1 aromatic heterocycles. The first-order valence-corrected chi connectivity index (χ1v) is 7.21. The van der Waals surface area contributed by atoms with Crippen LogP contribution in [-0.2, 0) is 10.0 Å². The minimum Gasteiger partial charge on any atom is -0.396 e. The van der Waals surface area contributed by atoms with Gasteiger partial charge in [0.25, 0.3) is 0 Å². The lowest BCUT2D eigenvalue weighted by molar-refractivity contribution is 0.588. The van der Waals surface area contributed by atoms with Crippen molar-refractivity contribution in [1.82, 2.24) is 14.5 Å². The molecular formula is C12H16N4O2S. The number of sulfonamides is 1. The molecule has 3 N–H and O–H groups in total. The summed E-state index contributed by atoms with van der Waals surface area (Å²) in [6, 6.07) is 6.47. The monoisotopic (exact) mass is 280 g/mol. The Kier molecular flexibility index (Phi) is 3.34. The Morgan fingerprint density at radius 1 is 1.21 bits per heavy atom. The Hall–Kier alpha value is -1.86. The topological polar surface area (TPSA) is 90.0 Å². The zero-order chi connectivity index (χ0) is 14.2. The van der Waals surface area contributed by atoms with Crippen LogP contribution in [0.15, 0.2) is 29.2 Å². The molecule has 0 saturated heterocycles. The van der Waals surface area contributed by atoms with Gasteiger partial charge in [-0.15, -0.1) is 0 Å². The highest BCUT2D eigenvalue weighted by atomic mass is 32.2. The maximum Gasteiger partial charge on any atom is 0.240 e. The minimum atomic E-state index is -3.41. The molecule has 1 heterocycles. The van der Waals surface area contributed by atoms with E-state index < -0.39 is 10.0 Å². The van der Waals surface area contributed by atoms with E-state index in [-0.39, 0.29) is 4.90 Å². The summed E-state index contributed by atoms with van der Waals surface area (Å²) in [5.41, 5.74) is 8.88. The molecule has 0 unspecified atom stereocenters. The number of nitrogen functional groups attached to an aromatic ring is 1. The number of nitrogens with one attached hydrogen (secondary N) is 1. The normalized spacial score (nSPS) is 11.7. The fraction of sp³-hybridized carbons (Fsp3) is 0.250. The summed E-state index contributed by atoms with van der Waals surface area (Å²) < 4.78 is 27.2. The van der Waals surface area contributed by atoms with Crippen LogP contribution < -0.4 is 10.5 Å². The van der Waals surface area contributed by atoms with E-state index >= 15 is 0 Å². The van der Waals surface area contributed by atoms with Crippen LogP contribution in [0.4, 0.5) is 5.69 Å². The van der Waals surface area contributed by atoms with Crippen LogP contribution in [0, 0.1) is 13.8 Å². The predicted molar refractivity (Wildman–Crippen MR) is 73.7 cm³/mol. The van der Waals surface area contributed by atoms with Gasteiger partial charge in [0.05, 0.1) is 27.7 Å². The Morgan fingerprint density at radius 2 is 1.79 bits per heavy atom. The van der Waals surface area contributed by atoms with E-state index in [0.717, 1.165) is 17.1 Å². The third-order valence-electron chi connectivity index (χ3n) is 3.01. The van der Waals surface area contributed by atoms with Crippen LogP contribution in [0.3, 0.4) is 0 Å². The van der Waals surface area contributed by atoms with E-state index in [2.05, 4.69) is 9.82 Å². The molecule has 0 radical (unpaired) electrons. The summed E-state index contributed by atoms with van der Waals surface area (Å²) in [4.78, 5) is 0.216. The van der Waals surface area contributed by atoms with Gasteiger partial charge in [-0.25, -0.2) is 17.8 Å². The molecule has 102 valence electrons. The van der Waals surface area contributed by atoms with Gasteiger partial charge in [0.2, 0.25) is 10.0 Å². The number of anilines is 1. The summed E-state index contributed by atoms with van der Waals surface area (Å²) >= 11 is 0. The van der Waals surface area contributed by atoms with Gasteiger partial charge in [0, 0.05) is 0 Å². The summed E-state index contributed by atoms with van der Waals surface area (Å²) in [6.45, 7) is 3.70. The quantitative estimate of drug-likeness (QED) is 0.877. The number of aryl methyl sites for hydroxylation is 1. The van der Waals surface area contributed by atoms with Gasteiger partial charge in [0.1, 0.15) is 0 Å². The lowest BCUT2D eigenvalue weighted by Crippen LogP contribution is -2.18. The van der Waals surface area contributed by atoms with Gasteiger partial charge in [0.15, 0.2) is 0 Å². The van der Waals surface area contributed by atoms with Crippen molar-refractivity contribution in [3.8, 4) is 5.69 Å². The largest absolute Gasteiger partial charge is 0.396 e. The van der Waals surface area contributed by atoms with Crippen LogP contribution in [0.2, 0.25) is 0 Å². The SMILES string of the molecule is CNS(=O)(=O)c1ccc(-n2nc(C)c(N)c2C)cc1. The van der Waals surface area contributed by atoms with Gasteiger partial charge in [-0.3, -0.25) is 0 Å². The van der Waals surface area contributed by atoms with E-state index in [0.29, 0.717) is 5.69 Å². The number of nitrogens with two attached hydrogens (primary N) is 1. The van der Waals surface area contributed by atoms with Crippen molar-refractivity contribution >= 4 is 15.7 Å². The Labute approximate surface area is 112 Å². The third-order valence-corrected chi connectivity index (χ3v) is 4.44. The van der Waals surface area contributed by atoms with Crippen molar-refractivity contribution in [1.29, 1.82) is 0 Å². The highest BCUT2D eigenvalue weighted by Gasteiger charge is 2.13. The molecule has 0 amide bonds. The average Bonchev–Trinajstić information content (AvgIpc) is 2.67. The second kappa shape index (κ2) is 4.67. The van der Waals surface area contributed by atoms with Gasteiger partial charge >= 0.3 is 0 Å². The van der Waals surface area contributed by atoms with Crippen molar-refractivity contribution in [3.05, 3.63) is 35.7 Å². The molecule has 0 fully saturated rings. The average molecular weight is 280 g/mol. The molecule has 0 spiro atoms. The Balaban J connectivity index is 2.46. The van der Waals surface area contributed by atoms with Crippen molar-refractivity contribution in [2.75, 3.05) is 12.8 Å². The van der Waals surface area contributed by atoms with Gasteiger partial charge in [-0.05, 0) is 45.2 Å². The molecule has 0 aliphatic carbocycles. The first-order chi connectivity index (χ1) is 8.86. The first kappa shape index (κ1) is 13.6. The highest BCUT2D eigenvalue weighted by molar-refractivity contribution is 7.89. The van der Waals surface area contributed by atoms with Crippen LogP contribution >= 0.6 is 0 Å². The number of rotatable bonds is 3. The molecule has 6 nitrogen and oxygen atoms in total. The van der Waals surface area contributed by atoms with E-state index in [1.54, 1.807) is 16.8 Å². The molecule has 0 aliphatic heterocycles. The second-order valence-electron chi connectivity index (χ2n) is 4.20. The summed E-state index contributed by atoms with van der Waals surface area (Å²) in [5.74, 6) is 0. The molecule has 0 atom stereocenters. The van der Waals surface area contributed by atoms with Crippen molar-refractivity contribution in [3.63, 3.8) is 0 Å². The second-order valence-corrected chi connectivity index (χ2v) is 6.08. The van der Waals surface area contributed by atoms with Gasteiger partial charge in [-0.2, -0.15) is 5.10 Å². The third kappa shape index (κ3) is 2.34. The lowest BCUT2D eigenvalue weighted by atomic mass is 10.3. The molecule has 1 aromatic carbocycles. The minimum absolute atomic E-state index is 0.216. The number of hydrogen-bond donors (Lipinski definition) is 2. The van der Waals surface area contributed by atoms with Crippen LogP contribution in [0.1, 0.15) is 11.4 Å². The standard InChI is InChI=1S/C12H16N4O2S/c1-8-12(13)9(2)16(15-8)10-4-6-11(7-5-10)19(17,18)14-3/h4-7,14H,13H2,1-3H3. The van der Waals surface area contributed by atoms with Gasteiger partial charge < -0.3 is 5.73 Å². The van der Waals surface area contributed by atoms with Crippen LogP contribution in [0.5, 0.6) is 0 Å². The lowest BCUT2D eigenvalue weighted by Gasteiger charge is -2.06. The van der Waals surface area contributed by atoms with Crippen molar-refractivity contribution in [2.24, 2.45) is 0 Å². The smallest absolute Gasteiger partial charge is 0.240 e. The zero-order valence-corrected chi connectivity index (χ0v) is 11.8. The summed E-state index contributed by atoms with van der Waals surface area (Å²) in [5, 5.41) is 4.32. The molecule has 2 aromatic rings. The zero-order valence-electron chi connectivity index (χ0n) is 11.0. The fourth-order valence-electron chi connectivity index (χ4n) is 1.79. The number of benzene rings is 1. The predicted octanol–water partition coefficient (Wildman–Crippen LogP) is 0.979. The van der Waals surface area contributed by atoms with Crippen molar-refractivity contribution < 1.29 is 8.42 Å². The maximum absolute atomic E-state index is 11.6.